The van der Waals surface area contributed by atoms with E-state index in [1.165, 1.54) is 10.2 Å². The second kappa shape index (κ2) is 7.11. The molecule has 1 aromatic carbocycles. The maximum absolute atomic E-state index is 12.7. The summed E-state index contributed by atoms with van der Waals surface area (Å²) in [4.78, 5) is 27.5. The highest BCUT2D eigenvalue weighted by Crippen LogP contribution is 2.32. The van der Waals surface area contributed by atoms with Crippen molar-refractivity contribution in [1.29, 1.82) is 0 Å². The summed E-state index contributed by atoms with van der Waals surface area (Å²) < 4.78 is 14.3. The zero-order chi connectivity index (χ0) is 20.0. The van der Waals surface area contributed by atoms with Gasteiger partial charge in [0.2, 0.25) is 0 Å². The molecule has 1 atom stereocenters. The van der Waals surface area contributed by atoms with E-state index in [1.54, 1.807) is 11.7 Å². The second-order valence-corrected chi connectivity index (χ2v) is 8.52. The summed E-state index contributed by atoms with van der Waals surface area (Å²) in [7, 11) is 1.66. The summed E-state index contributed by atoms with van der Waals surface area (Å²) in [6, 6.07) is 8.06. The molecular weight excluding hydrogens is 372 g/mol. The quantitative estimate of drug-likeness (QED) is 0.700. The maximum Gasteiger partial charge on any atom is 0.332 e. The number of methoxy groups -OCH3 is 1. The SMILES string of the molecule is COc1ccc(CN2CC[C@@]3(C2)Cn2c(nn(CC4CC4)c(=O)c2=O)CO3)cc1. The van der Waals surface area contributed by atoms with Crippen molar-refractivity contribution in [3.8, 4) is 5.75 Å². The maximum atomic E-state index is 12.7. The van der Waals surface area contributed by atoms with E-state index in [-0.39, 0.29) is 6.61 Å². The Morgan fingerprint density at radius 2 is 1.97 bits per heavy atom. The van der Waals surface area contributed by atoms with Gasteiger partial charge in [0.1, 0.15) is 18.0 Å². The molecule has 154 valence electrons. The number of aromatic nitrogens is 3. The summed E-state index contributed by atoms with van der Waals surface area (Å²) in [5, 5.41) is 4.43. The van der Waals surface area contributed by atoms with E-state index in [0.29, 0.717) is 24.8 Å². The van der Waals surface area contributed by atoms with Crippen molar-refractivity contribution in [3.05, 3.63) is 56.4 Å². The fourth-order valence-electron chi connectivity index (χ4n) is 4.37. The number of benzene rings is 1. The van der Waals surface area contributed by atoms with Crippen LogP contribution in [0.25, 0.3) is 0 Å². The highest BCUT2D eigenvalue weighted by atomic mass is 16.5. The Morgan fingerprint density at radius 1 is 1.17 bits per heavy atom. The molecule has 8 heteroatoms. The zero-order valence-corrected chi connectivity index (χ0v) is 16.7. The highest BCUT2D eigenvalue weighted by Gasteiger charge is 2.43. The first-order chi connectivity index (χ1) is 14.0. The van der Waals surface area contributed by atoms with Gasteiger partial charge in [-0.3, -0.25) is 19.1 Å². The first kappa shape index (κ1) is 18.6. The second-order valence-electron chi connectivity index (χ2n) is 8.52. The number of likely N-dealkylation sites (tertiary alicyclic amines) is 1. The van der Waals surface area contributed by atoms with Crippen LogP contribution in [-0.4, -0.2) is 45.0 Å². The van der Waals surface area contributed by atoms with Crippen LogP contribution < -0.4 is 15.9 Å². The lowest BCUT2D eigenvalue weighted by Gasteiger charge is -2.35. The summed E-state index contributed by atoms with van der Waals surface area (Å²) in [5.74, 6) is 1.90. The van der Waals surface area contributed by atoms with Gasteiger partial charge in [0.25, 0.3) is 0 Å². The largest absolute Gasteiger partial charge is 0.497 e. The molecule has 1 aliphatic carbocycles. The van der Waals surface area contributed by atoms with Crippen LogP contribution in [0.2, 0.25) is 0 Å². The van der Waals surface area contributed by atoms with Gasteiger partial charge in [-0.05, 0) is 42.9 Å². The van der Waals surface area contributed by atoms with Crippen molar-refractivity contribution in [2.24, 2.45) is 5.92 Å². The van der Waals surface area contributed by atoms with Crippen LogP contribution in [0.15, 0.2) is 33.9 Å². The minimum atomic E-state index is -0.509. The Morgan fingerprint density at radius 3 is 2.69 bits per heavy atom. The highest BCUT2D eigenvalue weighted by molar-refractivity contribution is 5.27. The van der Waals surface area contributed by atoms with Crippen LogP contribution in [0.4, 0.5) is 0 Å². The van der Waals surface area contributed by atoms with Crippen molar-refractivity contribution in [1.82, 2.24) is 19.2 Å². The monoisotopic (exact) mass is 398 g/mol. The number of rotatable bonds is 5. The summed E-state index contributed by atoms with van der Waals surface area (Å²) in [5.41, 5.74) is -0.196. The van der Waals surface area contributed by atoms with E-state index in [9.17, 15) is 9.59 Å². The standard InChI is InChI=1S/C21H26N4O4/c1-28-17-6-4-15(5-7-17)10-23-9-8-21(13-23)14-24-18(12-29-21)22-25(11-16-2-3-16)20(27)19(24)26/h4-7,16H,2-3,8-14H2,1H3/t21-/m1/s1. The molecule has 1 spiro atoms. The lowest BCUT2D eigenvalue weighted by Crippen LogP contribution is -2.53. The normalized spacial score (nSPS) is 24.0. The van der Waals surface area contributed by atoms with E-state index in [0.717, 1.165) is 44.6 Å². The van der Waals surface area contributed by atoms with Crippen molar-refractivity contribution in [2.75, 3.05) is 20.2 Å². The molecule has 0 bridgehead atoms. The fourth-order valence-corrected chi connectivity index (χ4v) is 4.37. The lowest BCUT2D eigenvalue weighted by atomic mass is 10.0. The van der Waals surface area contributed by atoms with Crippen molar-refractivity contribution in [2.45, 2.75) is 51.1 Å². The van der Waals surface area contributed by atoms with Crippen LogP contribution in [0.5, 0.6) is 5.75 Å². The third-order valence-electron chi connectivity index (χ3n) is 6.25. The average molecular weight is 398 g/mol. The number of hydrogen-bond donors (Lipinski definition) is 0. The molecule has 1 aromatic heterocycles. The van der Waals surface area contributed by atoms with E-state index in [4.69, 9.17) is 9.47 Å². The molecule has 0 unspecified atom stereocenters. The van der Waals surface area contributed by atoms with Gasteiger partial charge in [0.05, 0.1) is 13.7 Å². The van der Waals surface area contributed by atoms with E-state index >= 15 is 0 Å². The third kappa shape index (κ3) is 3.62. The predicted octanol–water partition coefficient (Wildman–Crippen LogP) is 0.998. The number of ether oxygens (including phenoxy) is 2. The Hall–Kier alpha value is -2.45. The first-order valence-electron chi connectivity index (χ1n) is 10.3. The summed E-state index contributed by atoms with van der Waals surface area (Å²) in [6.45, 7) is 3.66. The Labute approximate surface area is 168 Å². The molecule has 2 aromatic rings. The van der Waals surface area contributed by atoms with Gasteiger partial charge >= 0.3 is 11.1 Å². The molecule has 29 heavy (non-hydrogen) atoms. The molecule has 3 aliphatic rings. The predicted molar refractivity (Wildman–Crippen MR) is 106 cm³/mol. The molecule has 0 amide bonds. The molecule has 2 aliphatic heterocycles. The first-order valence-corrected chi connectivity index (χ1v) is 10.3. The van der Waals surface area contributed by atoms with E-state index in [2.05, 4.69) is 22.1 Å². The smallest absolute Gasteiger partial charge is 0.332 e. The Kier molecular flexibility index (Phi) is 4.55. The van der Waals surface area contributed by atoms with Gasteiger partial charge in [-0.1, -0.05) is 12.1 Å². The summed E-state index contributed by atoms with van der Waals surface area (Å²) >= 11 is 0. The van der Waals surface area contributed by atoms with Crippen LogP contribution in [-0.2, 0) is 31.0 Å². The van der Waals surface area contributed by atoms with E-state index in [1.807, 2.05) is 12.1 Å². The topological polar surface area (TPSA) is 78.6 Å². The van der Waals surface area contributed by atoms with Crippen molar-refractivity contribution < 1.29 is 9.47 Å². The van der Waals surface area contributed by atoms with Crippen LogP contribution in [0.1, 0.15) is 30.7 Å². The van der Waals surface area contributed by atoms with Gasteiger partial charge in [-0.2, -0.15) is 5.10 Å². The van der Waals surface area contributed by atoms with Crippen LogP contribution in [0, 0.1) is 5.92 Å². The van der Waals surface area contributed by atoms with Crippen molar-refractivity contribution in [3.63, 3.8) is 0 Å². The minimum absolute atomic E-state index is 0.274. The average Bonchev–Trinajstić information content (AvgIpc) is 3.48. The molecular formula is C21H26N4O4. The molecule has 5 rings (SSSR count). The molecule has 3 heterocycles. The lowest BCUT2D eigenvalue weighted by molar-refractivity contribution is -0.0859. The summed E-state index contributed by atoms with van der Waals surface area (Å²) in [6.07, 6.45) is 3.05. The Balaban J connectivity index is 1.31. The minimum Gasteiger partial charge on any atom is -0.497 e. The molecule has 1 saturated carbocycles. The van der Waals surface area contributed by atoms with Gasteiger partial charge in [-0.25, -0.2) is 4.68 Å². The zero-order valence-electron chi connectivity index (χ0n) is 16.7. The molecule has 0 radical (unpaired) electrons. The molecule has 8 nitrogen and oxygen atoms in total. The van der Waals surface area contributed by atoms with Gasteiger partial charge in [-0.15, -0.1) is 0 Å². The number of hydrogen-bond acceptors (Lipinski definition) is 6. The molecule has 0 N–H and O–H groups in total. The van der Waals surface area contributed by atoms with Crippen molar-refractivity contribution >= 4 is 0 Å². The van der Waals surface area contributed by atoms with E-state index < -0.39 is 16.7 Å². The third-order valence-corrected chi connectivity index (χ3v) is 6.25. The van der Waals surface area contributed by atoms with Crippen LogP contribution >= 0.6 is 0 Å². The van der Waals surface area contributed by atoms with Gasteiger partial charge in [0.15, 0.2) is 5.82 Å². The van der Waals surface area contributed by atoms with Gasteiger partial charge < -0.3 is 9.47 Å². The number of nitrogens with zero attached hydrogens (tertiary/aromatic N) is 4. The number of fused-ring (bicyclic) bond motifs is 1. The molecule has 2 fully saturated rings. The Bertz CT molecular complexity index is 1020. The van der Waals surface area contributed by atoms with Gasteiger partial charge in [0, 0.05) is 26.2 Å². The van der Waals surface area contributed by atoms with Crippen LogP contribution in [0.3, 0.4) is 0 Å². The molecule has 1 saturated heterocycles. The fraction of sp³-hybridized carbons (Fsp3) is 0.571.